The van der Waals surface area contributed by atoms with Crippen molar-refractivity contribution >= 4 is 23.4 Å². The maximum Gasteiger partial charge on any atom is 0.252 e. The number of benzene rings is 1. The minimum atomic E-state index is -0.720. The Labute approximate surface area is 125 Å². The van der Waals surface area contributed by atoms with Crippen molar-refractivity contribution in [1.82, 2.24) is 4.57 Å². The number of carbonyl (C=O) groups excluding carboxylic acids is 2. The number of halogens is 1. The van der Waals surface area contributed by atoms with E-state index in [1.165, 1.54) is 16.8 Å². The number of primary amides is 2. The van der Waals surface area contributed by atoms with Crippen LogP contribution in [0.3, 0.4) is 0 Å². The Morgan fingerprint density at radius 3 is 2.52 bits per heavy atom. The lowest BCUT2D eigenvalue weighted by atomic mass is 10.1. The highest BCUT2D eigenvalue weighted by atomic mass is 35.5. The molecule has 0 bridgehead atoms. The largest absolute Gasteiger partial charge is 0.366 e. The number of nitrogens with two attached hydrogens (primary N) is 2. The Morgan fingerprint density at radius 1 is 1.19 bits per heavy atom. The van der Waals surface area contributed by atoms with Gasteiger partial charge in [0.1, 0.15) is 5.49 Å². The highest BCUT2D eigenvalue weighted by molar-refractivity contribution is 6.30. The van der Waals surface area contributed by atoms with E-state index in [4.69, 9.17) is 28.5 Å². The summed E-state index contributed by atoms with van der Waals surface area (Å²) in [5.41, 5.74) is 11.6. The minimum Gasteiger partial charge on any atom is -0.366 e. The quantitative estimate of drug-likeness (QED) is 0.777. The summed E-state index contributed by atoms with van der Waals surface area (Å²) in [6, 6.07) is 8.05. The molecule has 0 radical (unpaired) electrons. The Balaban J connectivity index is 2.45. The van der Waals surface area contributed by atoms with E-state index in [0.717, 1.165) is 5.56 Å². The Kier molecular flexibility index (Phi) is 4.09. The zero-order chi connectivity index (χ0) is 15.6. The van der Waals surface area contributed by atoms with Gasteiger partial charge in [0.2, 0.25) is 5.91 Å². The second-order valence-electron chi connectivity index (χ2n) is 4.48. The van der Waals surface area contributed by atoms with E-state index >= 15 is 0 Å². The third-order valence-electron chi connectivity index (χ3n) is 2.93. The fourth-order valence-corrected chi connectivity index (χ4v) is 2.17. The van der Waals surface area contributed by atoms with Gasteiger partial charge in [-0.05, 0) is 23.8 Å². The Morgan fingerprint density at radius 2 is 1.90 bits per heavy atom. The third kappa shape index (κ3) is 3.29. The van der Waals surface area contributed by atoms with Crippen LogP contribution in [-0.4, -0.2) is 16.4 Å². The topological polar surface area (TPSA) is 115 Å². The van der Waals surface area contributed by atoms with Crippen LogP contribution in [0.25, 0.3) is 0 Å². The molecule has 7 heteroatoms. The monoisotopic (exact) mass is 304 g/mol. The van der Waals surface area contributed by atoms with Crippen LogP contribution in [0.4, 0.5) is 0 Å². The molecule has 0 saturated carbocycles. The minimum absolute atomic E-state index is 0.0357. The lowest BCUT2D eigenvalue weighted by Gasteiger charge is -2.10. The van der Waals surface area contributed by atoms with Crippen molar-refractivity contribution in [3.63, 3.8) is 0 Å². The van der Waals surface area contributed by atoms with Gasteiger partial charge in [-0.25, -0.2) is 0 Å². The number of pyridine rings is 1. The van der Waals surface area contributed by atoms with Crippen molar-refractivity contribution in [2.24, 2.45) is 11.5 Å². The molecule has 1 heterocycles. The van der Waals surface area contributed by atoms with Gasteiger partial charge in [0.25, 0.3) is 5.91 Å². The van der Waals surface area contributed by atoms with Crippen LogP contribution in [0.15, 0.2) is 36.5 Å². The predicted molar refractivity (Wildman–Crippen MR) is 77.9 cm³/mol. The van der Waals surface area contributed by atoms with E-state index in [1.54, 1.807) is 24.3 Å². The summed E-state index contributed by atoms with van der Waals surface area (Å²) in [5.74, 6) is -1.25. The lowest BCUT2D eigenvalue weighted by Crippen LogP contribution is -2.29. The first-order valence-electron chi connectivity index (χ1n) is 6.01. The summed E-state index contributed by atoms with van der Waals surface area (Å²) in [5, 5.41) is 8.27. The van der Waals surface area contributed by atoms with Crippen molar-refractivity contribution in [2.45, 2.75) is 6.54 Å². The summed E-state index contributed by atoms with van der Waals surface area (Å²) in [6.45, 7) is 0.265. The number of aromatic nitrogens is 1. The van der Waals surface area contributed by atoms with Crippen molar-refractivity contribution in [3.05, 3.63) is 63.7 Å². The van der Waals surface area contributed by atoms with Crippen molar-refractivity contribution in [3.8, 4) is 0 Å². The fourth-order valence-electron chi connectivity index (χ4n) is 1.94. The maximum absolute atomic E-state index is 11.3. The molecule has 1 aromatic carbocycles. The first kappa shape index (κ1) is 14.8. The Hall–Kier alpha value is -2.60. The van der Waals surface area contributed by atoms with Gasteiger partial charge in [-0.3, -0.25) is 15.0 Å². The van der Waals surface area contributed by atoms with Crippen LogP contribution in [0.1, 0.15) is 26.3 Å². The predicted octanol–water partition coefficient (Wildman–Crippen LogP) is 0.867. The van der Waals surface area contributed by atoms with Crippen LogP contribution in [0.5, 0.6) is 0 Å². The number of hydrogen-bond donors (Lipinski definition) is 3. The molecule has 0 aliphatic carbocycles. The standard InChI is InChI=1S/C14H13ClN4O2/c15-10-5-11(14(18)21)12(16)19(7-10)6-8-2-1-3-9(4-8)13(17)20/h1-5,7,16H,6H2,(H2,17,20)(H2,18,21). The summed E-state index contributed by atoms with van der Waals surface area (Å²) < 4.78 is 1.47. The summed E-state index contributed by atoms with van der Waals surface area (Å²) in [7, 11) is 0. The number of nitrogens with one attached hydrogen (secondary N) is 1. The van der Waals surface area contributed by atoms with Crippen LogP contribution in [-0.2, 0) is 6.54 Å². The molecule has 0 fully saturated rings. The molecule has 0 unspecified atom stereocenters. The molecule has 21 heavy (non-hydrogen) atoms. The number of carbonyl (C=O) groups is 2. The van der Waals surface area contributed by atoms with Crippen LogP contribution in [0.2, 0.25) is 5.02 Å². The number of nitrogens with zero attached hydrogens (tertiary/aromatic N) is 1. The second kappa shape index (κ2) is 5.80. The molecule has 2 amide bonds. The SMILES string of the molecule is N=c1c(C(N)=O)cc(Cl)cn1Cc1cccc(C(N)=O)c1. The van der Waals surface area contributed by atoms with Crippen LogP contribution >= 0.6 is 11.6 Å². The van der Waals surface area contributed by atoms with Crippen LogP contribution in [0, 0.1) is 5.41 Å². The van der Waals surface area contributed by atoms with Gasteiger partial charge in [0, 0.05) is 18.3 Å². The molecule has 2 aromatic rings. The number of hydrogen-bond acceptors (Lipinski definition) is 3. The van der Waals surface area contributed by atoms with Crippen LogP contribution < -0.4 is 17.0 Å². The Bertz CT molecular complexity index is 783. The zero-order valence-corrected chi connectivity index (χ0v) is 11.7. The van der Waals surface area contributed by atoms with E-state index in [2.05, 4.69) is 0 Å². The number of rotatable bonds is 4. The molecule has 6 nitrogen and oxygen atoms in total. The fraction of sp³-hybridized carbons (Fsp3) is 0.0714. The van der Waals surface area contributed by atoms with Gasteiger partial charge < -0.3 is 16.0 Å². The van der Waals surface area contributed by atoms with Gasteiger partial charge in [0.15, 0.2) is 0 Å². The van der Waals surface area contributed by atoms with Crippen molar-refractivity contribution < 1.29 is 9.59 Å². The van der Waals surface area contributed by atoms with E-state index < -0.39 is 11.8 Å². The van der Waals surface area contributed by atoms with Crippen molar-refractivity contribution in [1.29, 1.82) is 5.41 Å². The average molecular weight is 305 g/mol. The summed E-state index contributed by atoms with van der Waals surface area (Å²) in [6.07, 6.45) is 1.52. The highest BCUT2D eigenvalue weighted by Crippen LogP contribution is 2.10. The van der Waals surface area contributed by atoms with Gasteiger partial charge >= 0.3 is 0 Å². The van der Waals surface area contributed by atoms with E-state index in [-0.39, 0.29) is 17.6 Å². The molecule has 0 saturated heterocycles. The van der Waals surface area contributed by atoms with Crippen molar-refractivity contribution in [2.75, 3.05) is 0 Å². The zero-order valence-electron chi connectivity index (χ0n) is 11.0. The van der Waals surface area contributed by atoms with Gasteiger partial charge in [-0.1, -0.05) is 23.7 Å². The first-order chi connectivity index (χ1) is 9.88. The lowest BCUT2D eigenvalue weighted by molar-refractivity contribution is 0.0990. The smallest absolute Gasteiger partial charge is 0.252 e. The molecule has 2 rings (SSSR count). The second-order valence-corrected chi connectivity index (χ2v) is 4.91. The molecule has 0 aliphatic heterocycles. The van der Waals surface area contributed by atoms with Gasteiger partial charge in [-0.2, -0.15) is 0 Å². The number of amides is 2. The molecular weight excluding hydrogens is 292 g/mol. The maximum atomic E-state index is 11.3. The molecule has 1 aromatic heterocycles. The third-order valence-corrected chi connectivity index (χ3v) is 3.14. The normalized spacial score (nSPS) is 10.3. The molecule has 0 aliphatic rings. The molecular formula is C14H13ClN4O2. The molecule has 0 spiro atoms. The first-order valence-corrected chi connectivity index (χ1v) is 6.39. The molecule has 5 N–H and O–H groups in total. The van der Waals surface area contributed by atoms with E-state index in [9.17, 15) is 9.59 Å². The average Bonchev–Trinajstić information content (AvgIpc) is 2.42. The molecule has 108 valence electrons. The highest BCUT2D eigenvalue weighted by Gasteiger charge is 2.09. The van der Waals surface area contributed by atoms with Gasteiger partial charge in [-0.15, -0.1) is 0 Å². The van der Waals surface area contributed by atoms with E-state index in [1.807, 2.05) is 0 Å². The summed E-state index contributed by atoms with van der Waals surface area (Å²) >= 11 is 5.93. The molecule has 0 atom stereocenters. The van der Waals surface area contributed by atoms with Gasteiger partial charge in [0.05, 0.1) is 10.6 Å². The summed E-state index contributed by atoms with van der Waals surface area (Å²) in [4.78, 5) is 22.5. The van der Waals surface area contributed by atoms with E-state index in [0.29, 0.717) is 10.6 Å².